The van der Waals surface area contributed by atoms with Crippen molar-refractivity contribution in [3.8, 4) is 11.5 Å². The number of nitrogens with zero attached hydrogens (tertiary/aromatic N) is 1. The van der Waals surface area contributed by atoms with Crippen LogP contribution in [0.25, 0.3) is 21.8 Å². The molecule has 0 bridgehead atoms. The number of nitrogens with one attached hydrogen (secondary N) is 1. The average molecular weight is 595 g/mol. The number of rotatable bonds is 8. The Labute approximate surface area is 250 Å². The molecule has 6 rings (SSSR count). The number of ether oxygens (including phenoxy) is 2. The van der Waals surface area contributed by atoms with Crippen LogP contribution in [0.1, 0.15) is 38.7 Å². The molecule has 44 heavy (non-hydrogen) atoms. The van der Waals surface area contributed by atoms with Crippen LogP contribution in [-0.4, -0.2) is 34.3 Å². The number of halogens is 2. The highest BCUT2D eigenvalue weighted by Gasteiger charge is 2.30. The highest BCUT2D eigenvalue weighted by atomic mass is 19.2. The van der Waals surface area contributed by atoms with Crippen molar-refractivity contribution in [3.05, 3.63) is 141 Å². The van der Waals surface area contributed by atoms with E-state index in [4.69, 9.17) is 9.47 Å². The molecule has 6 aromatic rings. The molecule has 2 aromatic heterocycles. The number of methoxy groups -OCH3 is 1. The summed E-state index contributed by atoms with van der Waals surface area (Å²) in [6, 6.07) is 25.2. The summed E-state index contributed by atoms with van der Waals surface area (Å²) in [5, 5.41) is 13.0. The number of fused-ring (bicyclic) bond motifs is 2. The Morgan fingerprint density at radius 1 is 0.955 bits per heavy atom. The Balaban J connectivity index is 1.51. The molecule has 1 unspecified atom stereocenters. The van der Waals surface area contributed by atoms with Gasteiger partial charge in [0.05, 0.1) is 36.3 Å². The first-order valence-electron chi connectivity index (χ1n) is 13.9. The van der Waals surface area contributed by atoms with Crippen molar-refractivity contribution in [2.75, 3.05) is 13.7 Å². The summed E-state index contributed by atoms with van der Waals surface area (Å²) in [5.74, 6) is -3.77. The van der Waals surface area contributed by atoms with Gasteiger partial charge in [-0.3, -0.25) is 4.79 Å². The van der Waals surface area contributed by atoms with E-state index in [1.807, 2.05) is 30.3 Å². The lowest BCUT2D eigenvalue weighted by atomic mass is 9.85. The van der Waals surface area contributed by atoms with Crippen molar-refractivity contribution >= 4 is 27.8 Å². The summed E-state index contributed by atoms with van der Waals surface area (Å²) in [6.45, 7) is -0.157. The molecule has 0 radical (unpaired) electrons. The fourth-order valence-corrected chi connectivity index (χ4v) is 5.78. The average Bonchev–Trinajstić information content (AvgIpc) is 3.41. The number of para-hydroxylation sites is 2. The maximum atomic E-state index is 14.2. The molecule has 0 saturated heterocycles. The molecule has 222 valence electrons. The van der Waals surface area contributed by atoms with Gasteiger partial charge in [0.25, 0.3) is 5.56 Å². The molecule has 0 spiro atoms. The van der Waals surface area contributed by atoms with Gasteiger partial charge in [-0.25, -0.2) is 13.6 Å². The van der Waals surface area contributed by atoms with Gasteiger partial charge in [0.1, 0.15) is 11.5 Å². The lowest BCUT2D eigenvalue weighted by Crippen LogP contribution is -2.25. The molecule has 1 atom stereocenters. The largest absolute Gasteiger partial charge is 0.507 e. The van der Waals surface area contributed by atoms with Crippen LogP contribution in [0.5, 0.6) is 11.5 Å². The number of aryl methyl sites for hydroxylation is 1. The molecule has 0 aliphatic rings. The fourth-order valence-electron chi connectivity index (χ4n) is 5.78. The zero-order valence-corrected chi connectivity index (χ0v) is 23.9. The van der Waals surface area contributed by atoms with Crippen LogP contribution in [0, 0.1) is 11.6 Å². The Kier molecular flexibility index (Phi) is 7.61. The molecule has 9 heteroatoms. The number of H-pyrrole nitrogens is 1. The van der Waals surface area contributed by atoms with Crippen LogP contribution in [-0.2, 0) is 18.2 Å². The van der Waals surface area contributed by atoms with Gasteiger partial charge in [-0.05, 0) is 53.6 Å². The van der Waals surface area contributed by atoms with Gasteiger partial charge in [0, 0.05) is 35.5 Å². The van der Waals surface area contributed by atoms with Crippen molar-refractivity contribution in [2.45, 2.75) is 12.3 Å². The molecular formula is C35H28F2N2O5. The van der Waals surface area contributed by atoms with Crippen molar-refractivity contribution in [1.29, 1.82) is 0 Å². The Hall–Kier alpha value is -5.44. The molecular weight excluding hydrogens is 566 g/mol. The van der Waals surface area contributed by atoms with Crippen LogP contribution in [0.2, 0.25) is 0 Å². The third kappa shape index (κ3) is 4.96. The summed E-state index contributed by atoms with van der Waals surface area (Å²) in [7, 11) is 3.21. The van der Waals surface area contributed by atoms with E-state index in [1.54, 1.807) is 56.6 Å². The first-order valence-corrected chi connectivity index (χ1v) is 13.9. The summed E-state index contributed by atoms with van der Waals surface area (Å²) in [5.41, 5.74) is 2.64. The second-order valence-electron chi connectivity index (χ2n) is 10.4. The highest BCUT2D eigenvalue weighted by molar-refractivity contribution is 5.90. The molecule has 0 fully saturated rings. The molecule has 0 aliphatic carbocycles. The van der Waals surface area contributed by atoms with E-state index in [1.165, 1.54) is 10.6 Å². The number of carbonyl (C=O) groups is 1. The van der Waals surface area contributed by atoms with Gasteiger partial charge in [-0.15, -0.1) is 0 Å². The first-order chi connectivity index (χ1) is 21.3. The summed E-state index contributed by atoms with van der Waals surface area (Å²) >= 11 is 0. The van der Waals surface area contributed by atoms with E-state index in [0.29, 0.717) is 27.9 Å². The molecule has 2 N–H and O–H groups in total. The zero-order chi connectivity index (χ0) is 31.0. The van der Waals surface area contributed by atoms with Gasteiger partial charge in [0.15, 0.2) is 11.6 Å². The number of benzene rings is 4. The Bertz CT molecular complexity index is 2100. The Morgan fingerprint density at radius 3 is 2.48 bits per heavy atom. The third-order valence-electron chi connectivity index (χ3n) is 7.92. The second-order valence-corrected chi connectivity index (χ2v) is 10.4. The number of esters is 1. The van der Waals surface area contributed by atoms with Crippen molar-refractivity contribution in [3.63, 3.8) is 0 Å². The van der Waals surface area contributed by atoms with Gasteiger partial charge in [-0.1, -0.05) is 48.5 Å². The van der Waals surface area contributed by atoms with Crippen LogP contribution in [0.3, 0.4) is 0 Å². The molecule has 4 aromatic carbocycles. The number of aromatic hydroxyl groups is 1. The highest BCUT2D eigenvalue weighted by Crippen LogP contribution is 2.41. The van der Waals surface area contributed by atoms with E-state index >= 15 is 0 Å². The molecule has 7 nitrogen and oxygen atoms in total. The number of hydrogen-bond donors (Lipinski definition) is 2. The quantitative estimate of drug-likeness (QED) is 0.194. The maximum Gasteiger partial charge on any atom is 0.341 e. The van der Waals surface area contributed by atoms with Crippen LogP contribution in [0.15, 0.2) is 95.8 Å². The number of aromatic nitrogens is 2. The van der Waals surface area contributed by atoms with Gasteiger partial charge in [-0.2, -0.15) is 0 Å². The fraction of sp³-hybridized carbons (Fsp3) is 0.143. The minimum atomic E-state index is -1.27. The lowest BCUT2D eigenvalue weighted by molar-refractivity contribution is 0.0502. The lowest BCUT2D eigenvalue weighted by Gasteiger charge is -2.22. The summed E-state index contributed by atoms with van der Waals surface area (Å²) in [6.07, 6.45) is 0.178. The van der Waals surface area contributed by atoms with Crippen molar-refractivity contribution in [2.24, 2.45) is 7.05 Å². The number of pyridine rings is 1. The van der Waals surface area contributed by atoms with Gasteiger partial charge < -0.3 is 24.1 Å². The smallest absolute Gasteiger partial charge is 0.341 e. The predicted octanol–water partition coefficient (Wildman–Crippen LogP) is 6.59. The minimum Gasteiger partial charge on any atom is -0.507 e. The maximum absolute atomic E-state index is 14.2. The summed E-state index contributed by atoms with van der Waals surface area (Å²) < 4.78 is 40.4. The van der Waals surface area contributed by atoms with E-state index in [0.717, 1.165) is 28.6 Å². The van der Waals surface area contributed by atoms with Crippen molar-refractivity contribution < 1.29 is 28.2 Å². The number of carbonyl (C=O) groups excluding carboxylic acids is 1. The topological polar surface area (TPSA) is 93.5 Å². The zero-order valence-electron chi connectivity index (χ0n) is 23.9. The van der Waals surface area contributed by atoms with E-state index in [-0.39, 0.29) is 29.9 Å². The number of hydrogen-bond acceptors (Lipinski definition) is 5. The number of aromatic amines is 1. The van der Waals surface area contributed by atoms with Crippen LogP contribution < -0.4 is 10.3 Å². The Morgan fingerprint density at radius 2 is 1.68 bits per heavy atom. The summed E-state index contributed by atoms with van der Waals surface area (Å²) in [4.78, 5) is 30.1. The monoisotopic (exact) mass is 594 g/mol. The third-order valence-corrected chi connectivity index (χ3v) is 7.92. The first kappa shape index (κ1) is 28.7. The normalized spacial score (nSPS) is 12.0. The predicted molar refractivity (Wildman–Crippen MR) is 163 cm³/mol. The van der Waals surface area contributed by atoms with Crippen LogP contribution >= 0.6 is 0 Å². The second kappa shape index (κ2) is 11.7. The molecule has 0 aliphatic heterocycles. The van der Waals surface area contributed by atoms with Crippen LogP contribution in [0.4, 0.5) is 8.78 Å². The van der Waals surface area contributed by atoms with E-state index < -0.39 is 29.1 Å². The van der Waals surface area contributed by atoms with E-state index in [9.17, 15) is 23.5 Å². The molecule has 0 saturated carbocycles. The van der Waals surface area contributed by atoms with Crippen molar-refractivity contribution in [1.82, 2.24) is 9.55 Å². The standard InChI is InChI=1S/C35H28F2N2O5/c1-39-28-16-6-4-12-24(28)33(40)30(34(39)41)29(20-9-7-10-21(19-20)43-2)32-23(22-11-3-5-15-27(22)38-32)17-18-44-35(42)25-13-8-14-26(36)31(25)37/h3-16,19,29,38,40H,17-18H2,1-2H3. The van der Waals surface area contributed by atoms with E-state index in [2.05, 4.69) is 4.98 Å². The minimum absolute atomic E-state index is 0.144. The SMILES string of the molecule is COc1cccc(C(c2[nH]c3ccccc3c2CCOC(=O)c2cccc(F)c2F)c2c(O)c3ccccc3n(C)c2=O)c1. The molecule has 0 amide bonds. The molecule has 2 heterocycles. The van der Waals surface area contributed by atoms with Gasteiger partial charge in [0.2, 0.25) is 0 Å². The van der Waals surface area contributed by atoms with Gasteiger partial charge >= 0.3 is 5.97 Å².